The highest BCUT2D eigenvalue weighted by molar-refractivity contribution is 5.87. The smallest absolute Gasteiger partial charge is 0.335 e. The standard InChI is InChI=1S/C19H17F2NO3/c20-13-5-6-17(21)15(9-13)14-10-16(14)18(23)22-8-7-11-1-3-12(4-2-11)19(24)25/h1-6,9,14,16H,7-8,10H2,(H,22,23)(H,24,25). The molecule has 1 saturated carbocycles. The second-order valence-corrected chi connectivity index (χ2v) is 6.16. The highest BCUT2D eigenvalue weighted by atomic mass is 19.1. The van der Waals surface area contributed by atoms with Gasteiger partial charge >= 0.3 is 5.97 Å². The molecule has 1 aliphatic carbocycles. The molecule has 130 valence electrons. The molecule has 4 nitrogen and oxygen atoms in total. The van der Waals surface area contributed by atoms with Gasteiger partial charge in [0.05, 0.1) is 5.56 Å². The molecule has 3 rings (SSSR count). The molecule has 2 aromatic carbocycles. The Morgan fingerprint density at radius 2 is 1.84 bits per heavy atom. The average Bonchev–Trinajstić information content (AvgIpc) is 3.38. The van der Waals surface area contributed by atoms with E-state index in [1.165, 1.54) is 12.1 Å². The quantitative estimate of drug-likeness (QED) is 0.845. The molecule has 0 radical (unpaired) electrons. The van der Waals surface area contributed by atoms with Gasteiger partial charge in [0, 0.05) is 12.5 Å². The second-order valence-electron chi connectivity index (χ2n) is 6.16. The van der Waals surface area contributed by atoms with Gasteiger partial charge in [-0.05, 0) is 60.2 Å². The molecule has 1 fully saturated rings. The van der Waals surface area contributed by atoms with Gasteiger partial charge in [-0.3, -0.25) is 4.79 Å². The maximum absolute atomic E-state index is 13.7. The number of carbonyl (C=O) groups excluding carboxylic acids is 1. The number of nitrogens with one attached hydrogen (secondary N) is 1. The summed E-state index contributed by atoms with van der Waals surface area (Å²) >= 11 is 0. The Balaban J connectivity index is 1.49. The summed E-state index contributed by atoms with van der Waals surface area (Å²) in [6.45, 7) is 0.403. The predicted octanol–water partition coefficient (Wildman–Crippen LogP) is 3.13. The third kappa shape index (κ3) is 4.02. The Morgan fingerprint density at radius 3 is 2.52 bits per heavy atom. The van der Waals surface area contributed by atoms with Crippen LogP contribution in [0.25, 0.3) is 0 Å². The van der Waals surface area contributed by atoms with Crippen LogP contribution in [-0.2, 0) is 11.2 Å². The van der Waals surface area contributed by atoms with Crippen LogP contribution in [0.5, 0.6) is 0 Å². The van der Waals surface area contributed by atoms with Gasteiger partial charge in [-0.1, -0.05) is 12.1 Å². The van der Waals surface area contributed by atoms with Crippen LogP contribution in [0.3, 0.4) is 0 Å². The van der Waals surface area contributed by atoms with E-state index in [4.69, 9.17) is 5.11 Å². The normalized spacial score (nSPS) is 18.6. The third-order valence-electron chi connectivity index (χ3n) is 4.40. The highest BCUT2D eigenvalue weighted by Gasteiger charge is 2.45. The van der Waals surface area contributed by atoms with Crippen LogP contribution < -0.4 is 5.32 Å². The second kappa shape index (κ2) is 7.01. The van der Waals surface area contributed by atoms with Crippen molar-refractivity contribution < 1.29 is 23.5 Å². The van der Waals surface area contributed by atoms with Crippen molar-refractivity contribution in [3.8, 4) is 0 Å². The molecule has 1 aliphatic rings. The lowest BCUT2D eigenvalue weighted by Crippen LogP contribution is -2.27. The number of hydrogen-bond donors (Lipinski definition) is 2. The van der Waals surface area contributed by atoms with Crippen molar-refractivity contribution in [1.29, 1.82) is 0 Å². The minimum atomic E-state index is -0.982. The van der Waals surface area contributed by atoms with Crippen molar-refractivity contribution >= 4 is 11.9 Å². The fourth-order valence-electron chi connectivity index (χ4n) is 2.90. The van der Waals surface area contributed by atoms with E-state index in [0.29, 0.717) is 19.4 Å². The van der Waals surface area contributed by atoms with Gasteiger partial charge < -0.3 is 10.4 Å². The summed E-state index contributed by atoms with van der Waals surface area (Å²) in [5.74, 6) is -2.75. The summed E-state index contributed by atoms with van der Waals surface area (Å²) in [6.07, 6.45) is 1.08. The van der Waals surface area contributed by atoms with E-state index in [0.717, 1.165) is 23.8 Å². The van der Waals surface area contributed by atoms with Gasteiger partial charge in [0.1, 0.15) is 11.6 Å². The van der Waals surface area contributed by atoms with Crippen molar-refractivity contribution in [2.45, 2.75) is 18.8 Å². The van der Waals surface area contributed by atoms with Crippen LogP contribution >= 0.6 is 0 Å². The zero-order chi connectivity index (χ0) is 18.0. The van der Waals surface area contributed by atoms with Gasteiger partial charge in [-0.2, -0.15) is 0 Å². The number of carboxylic acids is 1. The van der Waals surface area contributed by atoms with E-state index in [9.17, 15) is 18.4 Å². The number of amides is 1. The molecule has 2 aromatic rings. The van der Waals surface area contributed by atoms with Gasteiger partial charge in [-0.25, -0.2) is 13.6 Å². The SMILES string of the molecule is O=C(O)c1ccc(CCNC(=O)C2CC2c2cc(F)ccc2F)cc1. The average molecular weight is 345 g/mol. The van der Waals surface area contributed by atoms with E-state index in [1.54, 1.807) is 12.1 Å². The highest BCUT2D eigenvalue weighted by Crippen LogP contribution is 2.48. The third-order valence-corrected chi connectivity index (χ3v) is 4.40. The Kier molecular flexibility index (Phi) is 4.79. The zero-order valence-electron chi connectivity index (χ0n) is 13.3. The Bertz CT molecular complexity index is 805. The van der Waals surface area contributed by atoms with Gasteiger partial charge in [0.2, 0.25) is 5.91 Å². The van der Waals surface area contributed by atoms with Crippen LogP contribution in [0.4, 0.5) is 8.78 Å². The van der Waals surface area contributed by atoms with Crippen molar-refractivity contribution in [2.24, 2.45) is 5.92 Å². The van der Waals surface area contributed by atoms with Crippen LogP contribution in [-0.4, -0.2) is 23.5 Å². The van der Waals surface area contributed by atoms with Gasteiger partial charge in [0.15, 0.2) is 0 Å². The zero-order valence-corrected chi connectivity index (χ0v) is 13.3. The molecule has 25 heavy (non-hydrogen) atoms. The molecule has 0 heterocycles. The maximum Gasteiger partial charge on any atom is 0.335 e. The number of halogens is 2. The van der Waals surface area contributed by atoms with Crippen molar-refractivity contribution in [3.63, 3.8) is 0 Å². The molecule has 0 spiro atoms. The molecule has 2 N–H and O–H groups in total. The number of carboxylic acid groups (broad SMARTS) is 1. The molecular weight excluding hydrogens is 328 g/mol. The first kappa shape index (κ1) is 17.1. The van der Waals surface area contributed by atoms with Crippen molar-refractivity contribution in [1.82, 2.24) is 5.32 Å². The Hall–Kier alpha value is -2.76. The number of hydrogen-bond acceptors (Lipinski definition) is 2. The summed E-state index contributed by atoms with van der Waals surface area (Å²) in [7, 11) is 0. The first-order chi connectivity index (χ1) is 12.0. The summed E-state index contributed by atoms with van der Waals surface area (Å²) in [5, 5.41) is 11.6. The lowest BCUT2D eigenvalue weighted by atomic mass is 10.1. The molecule has 0 aliphatic heterocycles. The number of benzene rings is 2. The largest absolute Gasteiger partial charge is 0.478 e. The van der Waals surface area contributed by atoms with Crippen LogP contribution in [0.2, 0.25) is 0 Å². The molecule has 1 amide bonds. The molecule has 2 atom stereocenters. The molecule has 2 unspecified atom stereocenters. The lowest BCUT2D eigenvalue weighted by molar-refractivity contribution is -0.122. The van der Waals surface area contributed by atoms with Crippen LogP contribution in [0, 0.1) is 17.6 Å². The molecule has 0 bridgehead atoms. The maximum atomic E-state index is 13.7. The monoisotopic (exact) mass is 345 g/mol. The minimum absolute atomic E-state index is 0.171. The number of aromatic carboxylic acids is 1. The summed E-state index contributed by atoms with van der Waals surface area (Å²) in [5.41, 5.74) is 1.38. The number of rotatable bonds is 6. The van der Waals surface area contributed by atoms with Crippen LogP contribution in [0.15, 0.2) is 42.5 Å². The predicted molar refractivity (Wildman–Crippen MR) is 87.3 cm³/mol. The molecular formula is C19H17F2NO3. The van der Waals surface area contributed by atoms with Crippen molar-refractivity contribution in [3.05, 3.63) is 70.8 Å². The van der Waals surface area contributed by atoms with E-state index < -0.39 is 17.6 Å². The van der Waals surface area contributed by atoms with E-state index in [-0.39, 0.29) is 28.9 Å². The number of carbonyl (C=O) groups is 2. The minimum Gasteiger partial charge on any atom is -0.478 e. The van der Waals surface area contributed by atoms with Crippen LogP contribution in [0.1, 0.15) is 33.8 Å². The summed E-state index contributed by atoms with van der Waals surface area (Å²) < 4.78 is 26.9. The van der Waals surface area contributed by atoms with E-state index >= 15 is 0 Å². The fourth-order valence-corrected chi connectivity index (χ4v) is 2.90. The van der Waals surface area contributed by atoms with E-state index in [1.807, 2.05) is 0 Å². The molecule has 0 aromatic heterocycles. The van der Waals surface area contributed by atoms with Crippen molar-refractivity contribution in [2.75, 3.05) is 6.54 Å². The first-order valence-electron chi connectivity index (χ1n) is 8.00. The topological polar surface area (TPSA) is 66.4 Å². The lowest BCUT2D eigenvalue weighted by Gasteiger charge is -2.06. The summed E-state index contributed by atoms with van der Waals surface area (Å²) in [4.78, 5) is 22.9. The van der Waals surface area contributed by atoms with Gasteiger partial charge in [0.25, 0.3) is 0 Å². The Morgan fingerprint density at radius 1 is 1.12 bits per heavy atom. The molecule has 6 heteroatoms. The Labute approximate surface area is 143 Å². The summed E-state index contributed by atoms with van der Waals surface area (Å²) in [6, 6.07) is 9.74. The van der Waals surface area contributed by atoms with Gasteiger partial charge in [-0.15, -0.1) is 0 Å². The first-order valence-corrected chi connectivity index (χ1v) is 8.00. The molecule has 0 saturated heterocycles. The fraction of sp³-hybridized carbons (Fsp3) is 0.263. The van der Waals surface area contributed by atoms with E-state index in [2.05, 4.69) is 5.32 Å².